The Morgan fingerprint density at radius 3 is 2.71 bits per heavy atom. The largest absolute Gasteiger partial charge is 0.466 e. The van der Waals surface area contributed by atoms with Gasteiger partial charge in [-0.15, -0.1) is 10.2 Å². The Kier molecular flexibility index (Phi) is 5.65. The Morgan fingerprint density at radius 2 is 2.04 bits per heavy atom. The lowest BCUT2D eigenvalue weighted by Gasteiger charge is -2.30. The molecule has 0 unspecified atom stereocenters. The Bertz CT molecular complexity index is 644. The van der Waals surface area contributed by atoms with Crippen molar-refractivity contribution in [2.75, 3.05) is 26.3 Å². The Hall–Kier alpha value is -1.70. The summed E-state index contributed by atoms with van der Waals surface area (Å²) in [6.45, 7) is 7.18. The van der Waals surface area contributed by atoms with Gasteiger partial charge in [0.05, 0.1) is 18.2 Å². The molecular weight excluding hydrogens is 310 g/mol. The van der Waals surface area contributed by atoms with Crippen molar-refractivity contribution in [1.82, 2.24) is 15.1 Å². The lowest BCUT2D eigenvalue weighted by atomic mass is 10.1. The van der Waals surface area contributed by atoms with E-state index in [1.165, 1.54) is 0 Å². The van der Waals surface area contributed by atoms with E-state index in [0.717, 1.165) is 43.0 Å². The van der Waals surface area contributed by atoms with Gasteiger partial charge in [-0.3, -0.25) is 4.90 Å². The van der Waals surface area contributed by atoms with Crippen molar-refractivity contribution in [2.24, 2.45) is 0 Å². The van der Waals surface area contributed by atoms with E-state index in [1.807, 2.05) is 19.9 Å². The number of aliphatic hydroxyl groups excluding tert-OH is 1. The smallest absolute Gasteiger partial charge is 0.251 e. The van der Waals surface area contributed by atoms with Gasteiger partial charge in [-0.1, -0.05) is 0 Å². The first kappa shape index (κ1) is 17.1. The van der Waals surface area contributed by atoms with Crippen LogP contribution in [-0.2, 0) is 11.3 Å². The standard InChI is InChI=1S/C17H25N3O4/c1-12-10-15(13(2)23-12)17-19-18-16(24-17)11-20-6-4-14(5-7-20)22-9-3-8-21/h10,14,21H,3-9,11H2,1-2H3. The Balaban J connectivity index is 1.50. The van der Waals surface area contributed by atoms with E-state index < -0.39 is 0 Å². The first-order valence-corrected chi connectivity index (χ1v) is 8.50. The number of furan rings is 1. The highest BCUT2D eigenvalue weighted by molar-refractivity contribution is 5.55. The summed E-state index contributed by atoms with van der Waals surface area (Å²) < 4.78 is 17.1. The Morgan fingerprint density at radius 1 is 1.25 bits per heavy atom. The van der Waals surface area contributed by atoms with E-state index in [-0.39, 0.29) is 6.61 Å². The predicted octanol–water partition coefficient (Wildman–Crippen LogP) is 2.31. The van der Waals surface area contributed by atoms with Gasteiger partial charge in [0, 0.05) is 26.3 Å². The molecule has 2 aromatic heterocycles. The minimum absolute atomic E-state index is 0.188. The molecule has 0 spiro atoms. The zero-order valence-electron chi connectivity index (χ0n) is 14.3. The molecule has 7 nitrogen and oxygen atoms in total. The molecule has 0 saturated carbocycles. The highest BCUT2D eigenvalue weighted by atomic mass is 16.5. The average Bonchev–Trinajstić information content (AvgIpc) is 3.15. The summed E-state index contributed by atoms with van der Waals surface area (Å²) in [5, 5.41) is 17.1. The van der Waals surface area contributed by atoms with Crippen molar-refractivity contribution in [3.8, 4) is 11.5 Å². The molecule has 0 atom stereocenters. The molecule has 1 fully saturated rings. The van der Waals surface area contributed by atoms with Crippen molar-refractivity contribution in [2.45, 2.75) is 45.8 Å². The summed E-state index contributed by atoms with van der Waals surface area (Å²) in [6.07, 6.45) is 2.99. The van der Waals surface area contributed by atoms with E-state index in [1.54, 1.807) is 0 Å². The maximum Gasteiger partial charge on any atom is 0.251 e. The molecule has 132 valence electrons. The second-order valence-corrected chi connectivity index (χ2v) is 6.25. The number of piperidine rings is 1. The normalized spacial score (nSPS) is 16.8. The number of rotatable bonds is 7. The second-order valence-electron chi connectivity index (χ2n) is 6.25. The minimum atomic E-state index is 0.188. The summed E-state index contributed by atoms with van der Waals surface area (Å²) in [7, 11) is 0. The quantitative estimate of drug-likeness (QED) is 0.777. The number of aromatic nitrogens is 2. The van der Waals surface area contributed by atoms with Crippen LogP contribution in [0.25, 0.3) is 11.5 Å². The third kappa shape index (κ3) is 4.23. The van der Waals surface area contributed by atoms with Gasteiger partial charge in [0.1, 0.15) is 11.5 Å². The van der Waals surface area contributed by atoms with Gasteiger partial charge in [-0.25, -0.2) is 0 Å². The molecule has 1 aliphatic rings. The Labute approximate surface area is 141 Å². The molecule has 3 heterocycles. The zero-order valence-corrected chi connectivity index (χ0v) is 14.3. The molecule has 0 amide bonds. The SMILES string of the molecule is Cc1cc(-c2nnc(CN3CCC(OCCCO)CC3)o2)c(C)o1. The highest BCUT2D eigenvalue weighted by Crippen LogP contribution is 2.26. The fourth-order valence-corrected chi connectivity index (χ4v) is 3.01. The van der Waals surface area contributed by atoms with Crippen molar-refractivity contribution in [1.29, 1.82) is 0 Å². The van der Waals surface area contributed by atoms with Gasteiger partial charge in [0.15, 0.2) is 0 Å². The summed E-state index contributed by atoms with van der Waals surface area (Å²) in [4.78, 5) is 2.30. The third-order valence-corrected chi connectivity index (χ3v) is 4.29. The van der Waals surface area contributed by atoms with Gasteiger partial charge < -0.3 is 18.7 Å². The molecule has 2 aromatic rings. The van der Waals surface area contributed by atoms with E-state index in [0.29, 0.717) is 37.5 Å². The summed E-state index contributed by atoms with van der Waals surface area (Å²) >= 11 is 0. The van der Waals surface area contributed by atoms with E-state index in [2.05, 4.69) is 15.1 Å². The molecule has 0 bridgehead atoms. The number of hydrogen-bond donors (Lipinski definition) is 1. The first-order chi connectivity index (χ1) is 11.7. The summed E-state index contributed by atoms with van der Waals surface area (Å²) in [5.41, 5.74) is 0.863. The monoisotopic (exact) mass is 335 g/mol. The van der Waals surface area contributed by atoms with Gasteiger partial charge >= 0.3 is 0 Å². The molecular formula is C17H25N3O4. The number of aliphatic hydroxyl groups is 1. The van der Waals surface area contributed by atoms with Crippen molar-refractivity contribution in [3.05, 3.63) is 23.5 Å². The maximum atomic E-state index is 8.79. The van der Waals surface area contributed by atoms with Crippen LogP contribution in [0.4, 0.5) is 0 Å². The van der Waals surface area contributed by atoms with Crippen LogP contribution in [0.1, 0.15) is 36.7 Å². The lowest BCUT2D eigenvalue weighted by molar-refractivity contribution is -0.000572. The van der Waals surface area contributed by atoms with Crippen molar-refractivity contribution < 1.29 is 18.7 Å². The molecule has 7 heteroatoms. The van der Waals surface area contributed by atoms with E-state index in [9.17, 15) is 0 Å². The van der Waals surface area contributed by atoms with Crippen LogP contribution in [0, 0.1) is 13.8 Å². The van der Waals surface area contributed by atoms with Crippen LogP contribution in [0.5, 0.6) is 0 Å². The third-order valence-electron chi connectivity index (χ3n) is 4.29. The van der Waals surface area contributed by atoms with Crippen molar-refractivity contribution in [3.63, 3.8) is 0 Å². The van der Waals surface area contributed by atoms with Crippen LogP contribution in [-0.4, -0.2) is 52.6 Å². The van der Waals surface area contributed by atoms with Crippen molar-refractivity contribution >= 4 is 0 Å². The molecule has 1 N–H and O–H groups in total. The lowest BCUT2D eigenvalue weighted by Crippen LogP contribution is -2.36. The number of aryl methyl sites for hydroxylation is 2. The molecule has 3 rings (SSSR count). The fraction of sp³-hybridized carbons (Fsp3) is 0.647. The second kappa shape index (κ2) is 7.92. The predicted molar refractivity (Wildman–Crippen MR) is 87.4 cm³/mol. The van der Waals surface area contributed by atoms with Crippen LogP contribution >= 0.6 is 0 Å². The fourth-order valence-electron chi connectivity index (χ4n) is 3.01. The maximum absolute atomic E-state index is 8.79. The van der Waals surface area contributed by atoms with Gasteiger partial charge in [-0.2, -0.15) is 0 Å². The van der Waals surface area contributed by atoms with E-state index in [4.69, 9.17) is 18.7 Å². The van der Waals surface area contributed by atoms with Gasteiger partial charge in [-0.05, 0) is 39.2 Å². The topological polar surface area (TPSA) is 84.8 Å². The van der Waals surface area contributed by atoms with E-state index >= 15 is 0 Å². The summed E-state index contributed by atoms with van der Waals surface area (Å²) in [5.74, 6) is 2.78. The van der Waals surface area contributed by atoms with Crippen LogP contribution < -0.4 is 0 Å². The summed E-state index contributed by atoms with van der Waals surface area (Å²) in [6, 6.07) is 1.92. The van der Waals surface area contributed by atoms with Crippen LogP contribution in [0.15, 0.2) is 14.9 Å². The highest BCUT2D eigenvalue weighted by Gasteiger charge is 2.22. The molecule has 1 aliphatic heterocycles. The molecule has 24 heavy (non-hydrogen) atoms. The van der Waals surface area contributed by atoms with Crippen LogP contribution in [0.3, 0.4) is 0 Å². The number of nitrogens with zero attached hydrogens (tertiary/aromatic N) is 3. The average molecular weight is 335 g/mol. The molecule has 1 saturated heterocycles. The number of hydrogen-bond acceptors (Lipinski definition) is 7. The molecule has 0 aliphatic carbocycles. The number of likely N-dealkylation sites (tertiary alicyclic amines) is 1. The minimum Gasteiger partial charge on any atom is -0.466 e. The molecule has 0 radical (unpaired) electrons. The zero-order chi connectivity index (χ0) is 16.9. The van der Waals surface area contributed by atoms with Crippen LogP contribution in [0.2, 0.25) is 0 Å². The molecule has 0 aromatic carbocycles. The first-order valence-electron chi connectivity index (χ1n) is 8.50. The van der Waals surface area contributed by atoms with Gasteiger partial charge in [0.2, 0.25) is 5.89 Å². The number of ether oxygens (including phenoxy) is 1. The van der Waals surface area contributed by atoms with Gasteiger partial charge in [0.25, 0.3) is 5.89 Å².